The second kappa shape index (κ2) is 6.56. The lowest BCUT2D eigenvalue weighted by atomic mass is 10.1. The Bertz CT molecular complexity index is 594. The highest BCUT2D eigenvalue weighted by molar-refractivity contribution is 5.94. The number of carbonyl (C=O) groups excluding carboxylic acids is 2. The molecule has 0 atom stereocenters. The number of H-pyrrole nitrogens is 1. The molecule has 21 heavy (non-hydrogen) atoms. The first-order valence-corrected chi connectivity index (χ1v) is 7.29. The van der Waals surface area contributed by atoms with Crippen LogP contribution in [0.15, 0.2) is 16.9 Å². The van der Waals surface area contributed by atoms with Crippen LogP contribution in [-0.4, -0.2) is 52.8 Å². The summed E-state index contributed by atoms with van der Waals surface area (Å²) in [7, 11) is 0. The SMILES string of the molecule is CCc1cc(C(=O)N2CCCN(C(C)=O)CC2)cc(=O)[nH]1. The molecule has 1 aliphatic heterocycles. The zero-order valence-corrected chi connectivity index (χ0v) is 12.5. The molecular weight excluding hydrogens is 270 g/mol. The number of aromatic amines is 1. The fourth-order valence-corrected chi connectivity index (χ4v) is 2.53. The minimum atomic E-state index is -0.252. The molecule has 1 N–H and O–H groups in total. The van der Waals surface area contributed by atoms with Crippen LogP contribution in [0.2, 0.25) is 0 Å². The van der Waals surface area contributed by atoms with E-state index in [4.69, 9.17) is 0 Å². The van der Waals surface area contributed by atoms with Crippen LogP contribution in [0.3, 0.4) is 0 Å². The van der Waals surface area contributed by atoms with E-state index in [1.54, 1.807) is 22.8 Å². The standard InChI is InChI=1S/C15H21N3O3/c1-3-13-9-12(10-14(20)16-13)15(21)18-6-4-5-17(7-8-18)11(2)19/h9-10H,3-8H2,1-2H3,(H,16,20). The number of nitrogens with one attached hydrogen (secondary N) is 1. The lowest BCUT2D eigenvalue weighted by molar-refractivity contribution is -0.128. The molecule has 0 unspecified atom stereocenters. The average Bonchev–Trinajstić information content (AvgIpc) is 2.71. The van der Waals surface area contributed by atoms with Gasteiger partial charge in [-0.3, -0.25) is 14.4 Å². The fraction of sp³-hybridized carbons (Fsp3) is 0.533. The molecular formula is C15H21N3O3. The monoisotopic (exact) mass is 291 g/mol. The van der Waals surface area contributed by atoms with Crippen molar-refractivity contribution in [3.63, 3.8) is 0 Å². The number of carbonyl (C=O) groups is 2. The minimum Gasteiger partial charge on any atom is -0.341 e. The highest BCUT2D eigenvalue weighted by Crippen LogP contribution is 2.09. The van der Waals surface area contributed by atoms with Crippen molar-refractivity contribution < 1.29 is 9.59 Å². The van der Waals surface area contributed by atoms with Gasteiger partial charge >= 0.3 is 0 Å². The number of amides is 2. The first-order chi connectivity index (χ1) is 10.0. The molecule has 1 saturated heterocycles. The third-order valence-corrected chi connectivity index (χ3v) is 3.76. The summed E-state index contributed by atoms with van der Waals surface area (Å²) < 4.78 is 0. The van der Waals surface area contributed by atoms with Gasteiger partial charge in [0.1, 0.15) is 0 Å². The molecule has 2 rings (SSSR count). The van der Waals surface area contributed by atoms with E-state index in [9.17, 15) is 14.4 Å². The Morgan fingerprint density at radius 1 is 1.14 bits per heavy atom. The van der Waals surface area contributed by atoms with Crippen molar-refractivity contribution in [3.05, 3.63) is 33.7 Å². The van der Waals surface area contributed by atoms with E-state index in [0.29, 0.717) is 38.2 Å². The molecule has 114 valence electrons. The summed E-state index contributed by atoms with van der Waals surface area (Å²) >= 11 is 0. The third kappa shape index (κ3) is 3.71. The number of nitrogens with zero attached hydrogens (tertiary/aromatic N) is 2. The zero-order valence-electron chi connectivity index (χ0n) is 12.5. The van der Waals surface area contributed by atoms with Gasteiger partial charge in [0, 0.05) is 50.4 Å². The van der Waals surface area contributed by atoms with Gasteiger partial charge in [-0.2, -0.15) is 0 Å². The molecule has 0 radical (unpaired) electrons. The van der Waals surface area contributed by atoms with E-state index in [1.165, 1.54) is 6.07 Å². The van der Waals surface area contributed by atoms with Gasteiger partial charge in [-0.1, -0.05) is 6.92 Å². The van der Waals surface area contributed by atoms with Crippen LogP contribution in [0.5, 0.6) is 0 Å². The molecule has 6 heteroatoms. The van der Waals surface area contributed by atoms with E-state index in [0.717, 1.165) is 12.1 Å². The molecule has 6 nitrogen and oxygen atoms in total. The number of hydrogen-bond donors (Lipinski definition) is 1. The van der Waals surface area contributed by atoms with Gasteiger partial charge in [-0.25, -0.2) is 0 Å². The van der Waals surface area contributed by atoms with E-state index < -0.39 is 0 Å². The van der Waals surface area contributed by atoms with E-state index >= 15 is 0 Å². The molecule has 2 amide bonds. The zero-order chi connectivity index (χ0) is 15.4. The molecule has 1 fully saturated rings. The Morgan fingerprint density at radius 2 is 1.81 bits per heavy atom. The van der Waals surface area contributed by atoms with E-state index in [1.807, 2.05) is 6.92 Å². The Morgan fingerprint density at radius 3 is 2.48 bits per heavy atom. The maximum absolute atomic E-state index is 12.5. The number of aromatic nitrogens is 1. The predicted octanol–water partition coefficient (Wildman–Crippen LogP) is 0.632. The number of aryl methyl sites for hydroxylation is 1. The molecule has 0 bridgehead atoms. The van der Waals surface area contributed by atoms with Crippen LogP contribution in [-0.2, 0) is 11.2 Å². The molecule has 0 saturated carbocycles. The lowest BCUT2D eigenvalue weighted by Crippen LogP contribution is -2.37. The van der Waals surface area contributed by atoms with Gasteiger partial charge in [0.2, 0.25) is 11.5 Å². The second-order valence-corrected chi connectivity index (χ2v) is 5.26. The van der Waals surface area contributed by atoms with Gasteiger partial charge < -0.3 is 14.8 Å². The quantitative estimate of drug-likeness (QED) is 0.868. The molecule has 0 aliphatic carbocycles. The van der Waals surface area contributed by atoms with E-state index in [2.05, 4.69) is 4.98 Å². The summed E-state index contributed by atoms with van der Waals surface area (Å²) in [6, 6.07) is 3.08. The van der Waals surface area contributed by atoms with Crippen LogP contribution in [0.1, 0.15) is 36.3 Å². The normalized spacial score (nSPS) is 15.7. The predicted molar refractivity (Wildman–Crippen MR) is 79.2 cm³/mol. The van der Waals surface area contributed by atoms with Crippen LogP contribution < -0.4 is 5.56 Å². The Hall–Kier alpha value is -2.11. The third-order valence-electron chi connectivity index (χ3n) is 3.76. The van der Waals surface area contributed by atoms with Gasteiger partial charge in [0.25, 0.3) is 5.91 Å². The lowest BCUT2D eigenvalue weighted by Gasteiger charge is -2.21. The van der Waals surface area contributed by atoms with Crippen LogP contribution in [0, 0.1) is 0 Å². The molecule has 1 aromatic heterocycles. The summed E-state index contributed by atoms with van der Waals surface area (Å²) in [6.45, 7) is 5.81. The summed E-state index contributed by atoms with van der Waals surface area (Å²) in [5, 5.41) is 0. The highest BCUT2D eigenvalue weighted by Gasteiger charge is 2.21. The smallest absolute Gasteiger partial charge is 0.254 e. The van der Waals surface area contributed by atoms with Crippen LogP contribution in [0.25, 0.3) is 0 Å². The maximum Gasteiger partial charge on any atom is 0.254 e. The Balaban J connectivity index is 2.14. The van der Waals surface area contributed by atoms with Gasteiger partial charge in [-0.15, -0.1) is 0 Å². The molecule has 0 aromatic carbocycles. The second-order valence-electron chi connectivity index (χ2n) is 5.26. The van der Waals surface area contributed by atoms with Crippen molar-refractivity contribution in [1.29, 1.82) is 0 Å². The number of rotatable bonds is 2. The molecule has 1 aromatic rings. The summed E-state index contributed by atoms with van der Waals surface area (Å²) in [5.74, 6) is -0.102. The van der Waals surface area contributed by atoms with Gasteiger partial charge in [-0.05, 0) is 18.9 Å². The van der Waals surface area contributed by atoms with Crippen molar-refractivity contribution in [2.24, 2.45) is 0 Å². The molecule has 0 spiro atoms. The Labute approximate surface area is 123 Å². The van der Waals surface area contributed by atoms with Crippen molar-refractivity contribution in [2.75, 3.05) is 26.2 Å². The largest absolute Gasteiger partial charge is 0.341 e. The minimum absolute atomic E-state index is 0.0359. The van der Waals surface area contributed by atoms with Crippen molar-refractivity contribution in [2.45, 2.75) is 26.7 Å². The molecule has 2 heterocycles. The first kappa shape index (κ1) is 15.3. The van der Waals surface area contributed by atoms with E-state index in [-0.39, 0.29) is 17.4 Å². The summed E-state index contributed by atoms with van der Waals surface area (Å²) in [6.07, 6.45) is 1.43. The van der Waals surface area contributed by atoms with Crippen molar-refractivity contribution in [3.8, 4) is 0 Å². The van der Waals surface area contributed by atoms with Crippen molar-refractivity contribution in [1.82, 2.24) is 14.8 Å². The van der Waals surface area contributed by atoms with Crippen LogP contribution in [0.4, 0.5) is 0 Å². The number of pyridine rings is 1. The highest BCUT2D eigenvalue weighted by atomic mass is 16.2. The van der Waals surface area contributed by atoms with Crippen molar-refractivity contribution >= 4 is 11.8 Å². The fourth-order valence-electron chi connectivity index (χ4n) is 2.53. The van der Waals surface area contributed by atoms with Gasteiger partial charge in [0.05, 0.1) is 0 Å². The van der Waals surface area contributed by atoms with Gasteiger partial charge in [0.15, 0.2) is 0 Å². The summed E-state index contributed by atoms with van der Waals surface area (Å²) in [5.41, 5.74) is 0.927. The molecule has 1 aliphatic rings. The maximum atomic E-state index is 12.5. The summed E-state index contributed by atoms with van der Waals surface area (Å²) in [4.78, 5) is 41.7. The average molecular weight is 291 g/mol. The number of hydrogen-bond acceptors (Lipinski definition) is 3. The first-order valence-electron chi connectivity index (χ1n) is 7.29. The topological polar surface area (TPSA) is 73.5 Å². The Kier molecular flexibility index (Phi) is 4.77. The van der Waals surface area contributed by atoms with Crippen LogP contribution >= 0.6 is 0 Å².